The van der Waals surface area contributed by atoms with E-state index in [0.717, 1.165) is 0 Å². The molecule has 0 radical (unpaired) electrons. The number of ether oxygens (including phenoxy) is 1. The zero-order valence-corrected chi connectivity index (χ0v) is 10.8. The van der Waals surface area contributed by atoms with Crippen molar-refractivity contribution in [2.24, 2.45) is 0 Å². The Morgan fingerprint density at radius 1 is 1.31 bits per heavy atom. The summed E-state index contributed by atoms with van der Waals surface area (Å²) in [6, 6.07) is 0.555. The maximum absolute atomic E-state index is 11.5. The fourth-order valence-electron chi connectivity index (χ4n) is 1.25. The standard InChI is InChI=1S/C10H22N2O3S/c1-9(2)15-7-5-12-16(13,14)8-6-11-10-3-4-10/h9-12H,3-8H2,1-2H3. The predicted octanol–water partition coefficient (Wildman–Crippen LogP) is 0.0828. The van der Waals surface area contributed by atoms with Crippen LogP contribution in [0.2, 0.25) is 0 Å². The van der Waals surface area contributed by atoms with Crippen molar-refractivity contribution in [2.45, 2.75) is 38.8 Å². The van der Waals surface area contributed by atoms with Crippen molar-refractivity contribution >= 4 is 10.0 Å². The molecule has 0 unspecified atom stereocenters. The molecule has 16 heavy (non-hydrogen) atoms. The summed E-state index contributed by atoms with van der Waals surface area (Å²) in [5.74, 6) is 0.144. The first-order valence-electron chi connectivity index (χ1n) is 5.82. The van der Waals surface area contributed by atoms with Gasteiger partial charge in [-0.25, -0.2) is 13.1 Å². The Kier molecular flexibility index (Phi) is 5.68. The van der Waals surface area contributed by atoms with Crippen molar-refractivity contribution in [3.8, 4) is 0 Å². The lowest BCUT2D eigenvalue weighted by molar-refractivity contribution is 0.0834. The van der Waals surface area contributed by atoms with Crippen LogP contribution in [-0.2, 0) is 14.8 Å². The van der Waals surface area contributed by atoms with Gasteiger partial charge < -0.3 is 10.1 Å². The minimum atomic E-state index is -3.14. The van der Waals surface area contributed by atoms with Gasteiger partial charge in [0.1, 0.15) is 0 Å². The molecule has 0 saturated heterocycles. The summed E-state index contributed by atoms with van der Waals surface area (Å²) in [4.78, 5) is 0. The van der Waals surface area contributed by atoms with Gasteiger partial charge in [-0.05, 0) is 26.7 Å². The molecule has 1 aliphatic carbocycles. The van der Waals surface area contributed by atoms with E-state index >= 15 is 0 Å². The van der Waals surface area contributed by atoms with Gasteiger partial charge in [0.2, 0.25) is 10.0 Å². The highest BCUT2D eigenvalue weighted by Crippen LogP contribution is 2.17. The molecule has 0 aliphatic heterocycles. The third-order valence-corrected chi connectivity index (χ3v) is 3.64. The summed E-state index contributed by atoms with van der Waals surface area (Å²) in [5, 5.41) is 3.17. The molecule has 0 aromatic carbocycles. The van der Waals surface area contributed by atoms with Gasteiger partial charge in [-0.3, -0.25) is 0 Å². The third kappa shape index (κ3) is 7.16. The molecule has 0 aromatic heterocycles. The number of rotatable bonds is 9. The van der Waals surface area contributed by atoms with Crippen LogP contribution in [0.4, 0.5) is 0 Å². The molecule has 1 rings (SSSR count). The highest BCUT2D eigenvalue weighted by molar-refractivity contribution is 7.89. The van der Waals surface area contributed by atoms with Crippen molar-refractivity contribution in [1.82, 2.24) is 10.0 Å². The van der Waals surface area contributed by atoms with Gasteiger partial charge >= 0.3 is 0 Å². The van der Waals surface area contributed by atoms with Gasteiger partial charge in [-0.1, -0.05) is 0 Å². The molecule has 0 amide bonds. The predicted molar refractivity (Wildman–Crippen MR) is 63.9 cm³/mol. The van der Waals surface area contributed by atoms with Crippen molar-refractivity contribution in [3.63, 3.8) is 0 Å². The minimum absolute atomic E-state index is 0.140. The minimum Gasteiger partial charge on any atom is -0.377 e. The lowest BCUT2D eigenvalue weighted by Gasteiger charge is -2.09. The molecule has 96 valence electrons. The molecular formula is C10H22N2O3S. The molecule has 0 bridgehead atoms. The van der Waals surface area contributed by atoms with Crippen LogP contribution in [0.25, 0.3) is 0 Å². The van der Waals surface area contributed by atoms with Crippen LogP contribution < -0.4 is 10.0 Å². The molecule has 0 atom stereocenters. The van der Waals surface area contributed by atoms with E-state index in [2.05, 4.69) is 10.0 Å². The normalized spacial score (nSPS) is 16.9. The number of nitrogens with one attached hydrogen (secondary N) is 2. The Morgan fingerprint density at radius 2 is 2.00 bits per heavy atom. The summed E-state index contributed by atoms with van der Waals surface area (Å²) in [6.07, 6.45) is 2.49. The van der Waals surface area contributed by atoms with Crippen LogP contribution in [0, 0.1) is 0 Å². The lowest BCUT2D eigenvalue weighted by Crippen LogP contribution is -2.34. The van der Waals surface area contributed by atoms with Gasteiger partial charge in [-0.2, -0.15) is 0 Å². The van der Waals surface area contributed by atoms with Crippen molar-refractivity contribution in [2.75, 3.05) is 25.4 Å². The second-order valence-electron chi connectivity index (χ2n) is 4.36. The van der Waals surface area contributed by atoms with Crippen LogP contribution in [0.5, 0.6) is 0 Å². The summed E-state index contributed by atoms with van der Waals surface area (Å²) in [6.45, 7) is 5.16. The SMILES string of the molecule is CC(C)OCCNS(=O)(=O)CCNC1CC1. The first kappa shape index (κ1) is 13.9. The quantitative estimate of drug-likeness (QED) is 0.569. The van der Waals surface area contributed by atoms with Gasteiger partial charge in [-0.15, -0.1) is 0 Å². The second-order valence-corrected chi connectivity index (χ2v) is 6.29. The van der Waals surface area contributed by atoms with E-state index in [9.17, 15) is 8.42 Å². The summed E-state index contributed by atoms with van der Waals surface area (Å²) in [5.41, 5.74) is 0. The average molecular weight is 250 g/mol. The fraction of sp³-hybridized carbons (Fsp3) is 1.00. The highest BCUT2D eigenvalue weighted by Gasteiger charge is 2.20. The average Bonchev–Trinajstić information content (AvgIpc) is 2.96. The van der Waals surface area contributed by atoms with Crippen molar-refractivity contribution in [1.29, 1.82) is 0 Å². The fourth-order valence-corrected chi connectivity index (χ4v) is 2.17. The molecule has 0 spiro atoms. The largest absolute Gasteiger partial charge is 0.377 e. The van der Waals surface area contributed by atoms with Crippen LogP contribution in [-0.4, -0.2) is 46.0 Å². The van der Waals surface area contributed by atoms with Crippen LogP contribution in [0.1, 0.15) is 26.7 Å². The summed E-state index contributed by atoms with van der Waals surface area (Å²) in [7, 11) is -3.14. The maximum Gasteiger partial charge on any atom is 0.212 e. The van der Waals surface area contributed by atoms with Crippen molar-refractivity contribution < 1.29 is 13.2 Å². The van der Waals surface area contributed by atoms with E-state index in [0.29, 0.717) is 25.7 Å². The van der Waals surface area contributed by atoms with Gasteiger partial charge in [0, 0.05) is 19.1 Å². The molecule has 0 aromatic rings. The highest BCUT2D eigenvalue weighted by atomic mass is 32.2. The molecule has 2 N–H and O–H groups in total. The summed E-state index contributed by atoms with van der Waals surface area (Å²) < 4.78 is 30.7. The summed E-state index contributed by atoms with van der Waals surface area (Å²) >= 11 is 0. The first-order chi connectivity index (χ1) is 7.49. The van der Waals surface area contributed by atoms with E-state index < -0.39 is 10.0 Å². The maximum atomic E-state index is 11.5. The molecular weight excluding hydrogens is 228 g/mol. The zero-order valence-electron chi connectivity index (χ0n) is 10.0. The monoisotopic (exact) mass is 250 g/mol. The van der Waals surface area contributed by atoms with Gasteiger partial charge in [0.15, 0.2) is 0 Å². The van der Waals surface area contributed by atoms with Crippen LogP contribution >= 0.6 is 0 Å². The van der Waals surface area contributed by atoms with Crippen LogP contribution in [0.15, 0.2) is 0 Å². The van der Waals surface area contributed by atoms with Crippen LogP contribution in [0.3, 0.4) is 0 Å². The molecule has 6 heteroatoms. The van der Waals surface area contributed by atoms with E-state index in [1.807, 2.05) is 13.8 Å². The Labute approximate surface area is 98.0 Å². The molecule has 1 aliphatic rings. The van der Waals surface area contributed by atoms with Crippen molar-refractivity contribution in [3.05, 3.63) is 0 Å². The Hall–Kier alpha value is -0.170. The second kappa shape index (κ2) is 6.54. The van der Waals surface area contributed by atoms with Gasteiger partial charge in [0.25, 0.3) is 0 Å². The topological polar surface area (TPSA) is 67.4 Å². The molecule has 0 heterocycles. The van der Waals surface area contributed by atoms with Gasteiger partial charge in [0.05, 0.1) is 18.5 Å². The number of hydrogen-bond acceptors (Lipinski definition) is 4. The Morgan fingerprint density at radius 3 is 2.56 bits per heavy atom. The number of sulfonamides is 1. The smallest absolute Gasteiger partial charge is 0.212 e. The van der Waals surface area contributed by atoms with E-state index in [4.69, 9.17) is 4.74 Å². The molecule has 1 saturated carbocycles. The Balaban J connectivity index is 2.03. The van der Waals surface area contributed by atoms with E-state index in [1.165, 1.54) is 12.8 Å². The molecule has 5 nitrogen and oxygen atoms in total. The first-order valence-corrected chi connectivity index (χ1v) is 7.47. The zero-order chi connectivity index (χ0) is 12.0. The Bertz CT molecular complexity index is 286. The number of hydrogen-bond donors (Lipinski definition) is 2. The van der Waals surface area contributed by atoms with E-state index in [1.54, 1.807) is 0 Å². The third-order valence-electron chi connectivity index (χ3n) is 2.26. The molecule has 1 fully saturated rings. The lowest BCUT2D eigenvalue weighted by atomic mass is 10.5. The van der Waals surface area contributed by atoms with E-state index in [-0.39, 0.29) is 11.9 Å².